The van der Waals surface area contributed by atoms with Crippen molar-refractivity contribution in [1.82, 2.24) is 19.5 Å². The molecule has 0 fully saturated rings. The summed E-state index contributed by atoms with van der Waals surface area (Å²) in [5, 5.41) is 9.01. The summed E-state index contributed by atoms with van der Waals surface area (Å²) < 4.78 is 8.64. The van der Waals surface area contributed by atoms with E-state index in [0.29, 0.717) is 17.6 Å². The Kier molecular flexibility index (Phi) is 6.18. The Labute approximate surface area is 298 Å². The molecule has 0 unspecified atom stereocenters. The molecule has 0 aliphatic rings. The minimum absolute atomic E-state index is 0.560. The van der Waals surface area contributed by atoms with Crippen LogP contribution in [0.3, 0.4) is 0 Å². The largest absolute Gasteiger partial charge is 0.456 e. The number of benzene rings is 8. The van der Waals surface area contributed by atoms with Crippen LogP contribution in [0.4, 0.5) is 0 Å². The van der Waals surface area contributed by atoms with Crippen LogP contribution in [-0.2, 0) is 0 Å². The van der Waals surface area contributed by atoms with Crippen LogP contribution in [0, 0.1) is 0 Å². The van der Waals surface area contributed by atoms with Crippen molar-refractivity contribution in [3.63, 3.8) is 0 Å². The normalized spacial score (nSPS) is 11.8. The Morgan fingerprint density at radius 2 is 1.02 bits per heavy atom. The van der Waals surface area contributed by atoms with Crippen LogP contribution >= 0.6 is 0 Å². The summed E-state index contributed by atoms with van der Waals surface area (Å²) in [4.78, 5) is 15.8. The second-order valence-corrected chi connectivity index (χ2v) is 13.2. The van der Waals surface area contributed by atoms with Gasteiger partial charge in [0.15, 0.2) is 11.6 Å². The number of hydrogen-bond acceptors (Lipinski definition) is 4. The molecule has 3 heterocycles. The van der Waals surface area contributed by atoms with E-state index >= 15 is 0 Å². The number of furan rings is 1. The second-order valence-electron chi connectivity index (χ2n) is 13.2. The summed E-state index contributed by atoms with van der Waals surface area (Å²) >= 11 is 0. The van der Waals surface area contributed by atoms with Gasteiger partial charge in [-0.3, -0.25) is 4.57 Å². The zero-order valence-corrected chi connectivity index (χ0v) is 27.9. The van der Waals surface area contributed by atoms with E-state index in [0.717, 1.165) is 82.2 Å². The Morgan fingerprint density at radius 1 is 0.385 bits per heavy atom. The van der Waals surface area contributed by atoms with Gasteiger partial charge in [0.1, 0.15) is 11.2 Å². The van der Waals surface area contributed by atoms with Crippen molar-refractivity contribution in [3.8, 4) is 39.9 Å². The number of fused-ring (bicyclic) bond motifs is 9. The third-order valence-electron chi connectivity index (χ3n) is 10.2. The summed E-state index contributed by atoms with van der Waals surface area (Å²) in [7, 11) is 0. The first kappa shape index (κ1) is 28.7. The van der Waals surface area contributed by atoms with E-state index < -0.39 is 0 Å². The summed E-state index contributed by atoms with van der Waals surface area (Å²) in [6.45, 7) is 0. The predicted molar refractivity (Wildman–Crippen MR) is 213 cm³/mol. The van der Waals surface area contributed by atoms with Crippen molar-refractivity contribution in [2.24, 2.45) is 0 Å². The summed E-state index contributed by atoms with van der Waals surface area (Å²) in [6, 6.07) is 59.1. The van der Waals surface area contributed by atoms with Gasteiger partial charge in [0.25, 0.3) is 0 Å². The van der Waals surface area contributed by atoms with Crippen molar-refractivity contribution in [2.45, 2.75) is 0 Å². The zero-order valence-electron chi connectivity index (χ0n) is 27.9. The summed E-state index contributed by atoms with van der Waals surface area (Å²) in [6.07, 6.45) is 0. The van der Waals surface area contributed by atoms with Crippen molar-refractivity contribution >= 4 is 65.3 Å². The Hall–Kier alpha value is -7.11. The van der Waals surface area contributed by atoms with E-state index in [-0.39, 0.29) is 0 Å². The first-order valence-corrected chi connectivity index (χ1v) is 17.5. The van der Waals surface area contributed by atoms with Crippen molar-refractivity contribution < 1.29 is 4.42 Å². The lowest BCUT2D eigenvalue weighted by Gasteiger charge is -2.14. The number of nitrogens with zero attached hydrogens (tertiary/aromatic N) is 4. The van der Waals surface area contributed by atoms with E-state index in [1.807, 2.05) is 30.3 Å². The fraction of sp³-hybridized carbons (Fsp3) is 0. The minimum atomic E-state index is 0.560. The van der Waals surface area contributed by atoms with Gasteiger partial charge in [0, 0.05) is 43.6 Å². The van der Waals surface area contributed by atoms with Crippen LogP contribution in [0.5, 0.6) is 0 Å². The SMILES string of the molecule is c1ccc(-c2nc(-c3ccc4ccccc4c3)nc(-n3c4c(-c5cccc6oc7ccccc7c56)cccc4c4ccc5ccccc5c43)n2)cc1. The molecule has 0 spiro atoms. The maximum atomic E-state index is 6.38. The van der Waals surface area contributed by atoms with Gasteiger partial charge in [0.2, 0.25) is 5.95 Å². The van der Waals surface area contributed by atoms with Crippen LogP contribution in [0.1, 0.15) is 0 Å². The molecular weight excluding hydrogens is 637 g/mol. The topological polar surface area (TPSA) is 56.7 Å². The Bertz CT molecular complexity index is 3190. The van der Waals surface area contributed by atoms with Crippen molar-refractivity contribution in [3.05, 3.63) is 170 Å². The quantitative estimate of drug-likeness (QED) is 0.188. The highest BCUT2D eigenvalue weighted by Gasteiger charge is 2.23. The van der Waals surface area contributed by atoms with Crippen molar-refractivity contribution in [2.75, 3.05) is 0 Å². The molecule has 11 aromatic rings. The third kappa shape index (κ3) is 4.33. The summed E-state index contributed by atoms with van der Waals surface area (Å²) in [5.41, 5.74) is 7.83. The maximum Gasteiger partial charge on any atom is 0.238 e. The molecule has 0 N–H and O–H groups in total. The Balaban J connectivity index is 1.30. The molecule has 8 aromatic carbocycles. The lowest BCUT2D eigenvalue weighted by atomic mass is 9.97. The molecule has 0 atom stereocenters. The van der Waals surface area contributed by atoms with Gasteiger partial charge in [-0.2, -0.15) is 9.97 Å². The second kappa shape index (κ2) is 11.2. The van der Waals surface area contributed by atoms with Crippen LogP contribution in [0.25, 0.3) is 105 Å². The smallest absolute Gasteiger partial charge is 0.238 e. The molecule has 3 aromatic heterocycles. The molecule has 0 amide bonds. The van der Waals surface area contributed by atoms with Gasteiger partial charge in [-0.05, 0) is 39.9 Å². The van der Waals surface area contributed by atoms with Gasteiger partial charge in [-0.25, -0.2) is 4.98 Å². The predicted octanol–water partition coefficient (Wildman–Crippen LogP) is 12.2. The summed E-state index contributed by atoms with van der Waals surface area (Å²) in [5.74, 6) is 1.79. The standard InChI is InChI=1S/C47H28N4O/c1-2-14-31(15-3-1)45-48-46(33-25-24-29-12-4-5-16-32(29)28-33)50-47(49-45)51-43-34-17-7-6-13-30(34)26-27-38(43)37-21-10-20-36(44(37)51)35-19-11-23-41-42(35)39-18-8-9-22-40(39)52-41/h1-28H. The van der Waals surface area contributed by atoms with Gasteiger partial charge in [-0.1, -0.05) is 152 Å². The average Bonchev–Trinajstić information content (AvgIpc) is 3.77. The van der Waals surface area contributed by atoms with Crippen LogP contribution in [-0.4, -0.2) is 19.5 Å². The molecule has 0 saturated heterocycles. The monoisotopic (exact) mass is 664 g/mol. The minimum Gasteiger partial charge on any atom is -0.456 e. The third-order valence-corrected chi connectivity index (χ3v) is 10.2. The molecule has 0 radical (unpaired) electrons. The molecule has 5 nitrogen and oxygen atoms in total. The van der Waals surface area contributed by atoms with Crippen molar-refractivity contribution in [1.29, 1.82) is 0 Å². The molecular formula is C47H28N4O. The van der Waals surface area contributed by atoms with Crippen LogP contribution in [0.15, 0.2) is 174 Å². The average molecular weight is 665 g/mol. The fourth-order valence-electron chi connectivity index (χ4n) is 7.88. The molecule has 0 aliphatic heterocycles. The number of aromatic nitrogens is 4. The van der Waals surface area contributed by atoms with E-state index in [2.05, 4.69) is 144 Å². The van der Waals surface area contributed by atoms with Gasteiger partial charge in [-0.15, -0.1) is 0 Å². The van der Waals surface area contributed by atoms with Gasteiger partial charge in [0.05, 0.1) is 11.0 Å². The van der Waals surface area contributed by atoms with Gasteiger partial charge >= 0.3 is 0 Å². The maximum absolute atomic E-state index is 6.38. The molecule has 0 bridgehead atoms. The molecule has 11 rings (SSSR count). The molecule has 52 heavy (non-hydrogen) atoms. The fourth-order valence-corrected chi connectivity index (χ4v) is 7.88. The highest BCUT2D eigenvalue weighted by atomic mass is 16.3. The lowest BCUT2D eigenvalue weighted by Crippen LogP contribution is -2.07. The highest BCUT2D eigenvalue weighted by Crippen LogP contribution is 2.44. The van der Waals surface area contributed by atoms with E-state index in [1.54, 1.807) is 0 Å². The lowest BCUT2D eigenvalue weighted by molar-refractivity contribution is 0.669. The molecule has 242 valence electrons. The number of hydrogen-bond donors (Lipinski definition) is 0. The van der Waals surface area contributed by atoms with E-state index in [9.17, 15) is 0 Å². The number of rotatable bonds is 4. The molecule has 5 heteroatoms. The van der Waals surface area contributed by atoms with E-state index in [4.69, 9.17) is 19.4 Å². The molecule has 0 aliphatic carbocycles. The highest BCUT2D eigenvalue weighted by molar-refractivity contribution is 6.23. The van der Waals surface area contributed by atoms with E-state index in [1.165, 1.54) is 5.39 Å². The first-order valence-electron chi connectivity index (χ1n) is 17.5. The molecule has 0 saturated carbocycles. The van der Waals surface area contributed by atoms with Crippen LogP contribution in [0.2, 0.25) is 0 Å². The Morgan fingerprint density at radius 3 is 1.90 bits per heavy atom. The van der Waals surface area contributed by atoms with Crippen LogP contribution < -0.4 is 0 Å². The number of para-hydroxylation sites is 2. The first-order chi connectivity index (χ1) is 25.8. The zero-order chi connectivity index (χ0) is 34.2. The van der Waals surface area contributed by atoms with Gasteiger partial charge < -0.3 is 4.42 Å².